The molecule has 4 heteroatoms. The Labute approximate surface area is 112 Å². The number of carbonyl (C=O) groups is 2. The molecule has 96 valence electrons. The first kappa shape index (κ1) is 14.6. The molecule has 4 nitrogen and oxygen atoms in total. The molecule has 0 aliphatic heterocycles. The summed E-state index contributed by atoms with van der Waals surface area (Å²) in [7, 11) is 0. The summed E-state index contributed by atoms with van der Waals surface area (Å²) < 4.78 is 0. The summed E-state index contributed by atoms with van der Waals surface area (Å²) in [5, 5.41) is 18.3. The second-order valence-electron chi connectivity index (χ2n) is 4.47. The fourth-order valence-electron chi connectivity index (χ4n) is 1.69. The van der Waals surface area contributed by atoms with Gasteiger partial charge in [-0.1, -0.05) is 30.3 Å². The normalized spacial score (nSPS) is 10.3. The predicted octanol–water partition coefficient (Wildman–Crippen LogP) is 2.66. The Morgan fingerprint density at radius 1 is 1.16 bits per heavy atom. The molecule has 0 radical (unpaired) electrons. The molecule has 19 heavy (non-hydrogen) atoms. The summed E-state index contributed by atoms with van der Waals surface area (Å²) in [6.07, 6.45) is 0.0361. The van der Waals surface area contributed by atoms with Crippen LogP contribution in [0, 0.1) is 28.1 Å². The molecule has 1 rings (SSSR count). The van der Waals surface area contributed by atoms with Crippen molar-refractivity contribution in [2.45, 2.75) is 26.2 Å². The van der Waals surface area contributed by atoms with Gasteiger partial charge < -0.3 is 4.79 Å². The minimum atomic E-state index is -1.42. The molecule has 0 unspecified atom stereocenters. The lowest BCUT2D eigenvalue weighted by atomic mass is 9.80. The molecule has 0 aromatic heterocycles. The summed E-state index contributed by atoms with van der Waals surface area (Å²) in [5.74, 6) is -0.353. The lowest BCUT2D eigenvalue weighted by Crippen LogP contribution is -2.22. The van der Waals surface area contributed by atoms with E-state index in [9.17, 15) is 9.59 Å². The van der Waals surface area contributed by atoms with Crippen molar-refractivity contribution in [3.63, 3.8) is 0 Å². The highest BCUT2D eigenvalue weighted by Gasteiger charge is 2.33. The van der Waals surface area contributed by atoms with E-state index in [2.05, 4.69) is 0 Å². The highest BCUT2D eigenvalue weighted by atomic mass is 16.1. The largest absolute Gasteiger partial charge is 0.300 e. The van der Waals surface area contributed by atoms with Gasteiger partial charge >= 0.3 is 0 Å². The van der Waals surface area contributed by atoms with E-state index in [1.165, 1.54) is 6.92 Å². The van der Waals surface area contributed by atoms with Crippen LogP contribution in [0.15, 0.2) is 30.3 Å². The summed E-state index contributed by atoms with van der Waals surface area (Å²) in [5.41, 5.74) is -0.946. The molecular weight excluding hydrogens is 240 g/mol. The van der Waals surface area contributed by atoms with Crippen molar-refractivity contribution in [2.75, 3.05) is 0 Å². The van der Waals surface area contributed by atoms with Gasteiger partial charge in [-0.15, -0.1) is 0 Å². The van der Waals surface area contributed by atoms with Gasteiger partial charge in [0.1, 0.15) is 5.78 Å². The number of Topliss-reactive ketones (excluding diaryl/α,β-unsaturated/α-hetero) is 2. The molecule has 0 saturated carbocycles. The van der Waals surface area contributed by atoms with Gasteiger partial charge in [-0.3, -0.25) is 4.79 Å². The molecule has 0 bridgehead atoms. The second kappa shape index (κ2) is 6.47. The number of nitriles is 2. The number of benzene rings is 1. The number of nitrogens with zero attached hydrogens (tertiary/aromatic N) is 2. The number of hydrogen-bond acceptors (Lipinski definition) is 4. The summed E-state index contributed by atoms with van der Waals surface area (Å²) in [6.45, 7) is 1.40. The summed E-state index contributed by atoms with van der Waals surface area (Å²) >= 11 is 0. The maximum atomic E-state index is 12.0. The van der Waals surface area contributed by atoms with Crippen molar-refractivity contribution >= 4 is 11.6 Å². The molecule has 0 heterocycles. The van der Waals surface area contributed by atoms with Gasteiger partial charge in [0.2, 0.25) is 0 Å². The van der Waals surface area contributed by atoms with E-state index in [1.807, 2.05) is 12.1 Å². The Bertz CT molecular complexity index is 536. The Morgan fingerprint density at radius 2 is 1.74 bits per heavy atom. The van der Waals surface area contributed by atoms with Gasteiger partial charge in [0, 0.05) is 18.4 Å². The molecule has 1 aromatic carbocycles. The quantitative estimate of drug-likeness (QED) is 0.731. The minimum Gasteiger partial charge on any atom is -0.300 e. The topological polar surface area (TPSA) is 81.7 Å². The molecular formula is C15H14N2O2. The molecule has 1 aromatic rings. The van der Waals surface area contributed by atoms with Gasteiger partial charge in [-0.05, 0) is 13.3 Å². The first-order chi connectivity index (χ1) is 9.03. The Morgan fingerprint density at radius 3 is 2.21 bits per heavy atom. The van der Waals surface area contributed by atoms with Crippen molar-refractivity contribution in [1.82, 2.24) is 0 Å². The maximum absolute atomic E-state index is 12.0. The zero-order chi connectivity index (χ0) is 14.3. The van der Waals surface area contributed by atoms with E-state index in [0.717, 1.165) is 0 Å². The third-order valence-corrected chi connectivity index (χ3v) is 2.89. The SMILES string of the molecule is CC(=O)CCC(C#N)(C#N)CC(=O)c1ccccc1. The highest BCUT2D eigenvalue weighted by Crippen LogP contribution is 2.28. The third kappa shape index (κ3) is 4.04. The molecule has 0 fully saturated rings. The average molecular weight is 254 g/mol. The van der Waals surface area contributed by atoms with Crippen LogP contribution in [-0.4, -0.2) is 11.6 Å². The van der Waals surface area contributed by atoms with E-state index in [-0.39, 0.29) is 30.8 Å². The van der Waals surface area contributed by atoms with Crippen LogP contribution in [0.25, 0.3) is 0 Å². The second-order valence-corrected chi connectivity index (χ2v) is 4.47. The fraction of sp³-hybridized carbons (Fsp3) is 0.333. The Hall–Kier alpha value is -2.46. The standard InChI is InChI=1S/C15H14N2O2/c1-12(18)7-8-15(10-16,11-17)9-14(19)13-5-3-2-4-6-13/h2-6H,7-9H2,1H3. The van der Waals surface area contributed by atoms with Gasteiger partial charge in [-0.2, -0.15) is 10.5 Å². The van der Waals surface area contributed by atoms with Crippen LogP contribution in [0.4, 0.5) is 0 Å². The van der Waals surface area contributed by atoms with Crippen LogP contribution in [0.3, 0.4) is 0 Å². The number of ketones is 2. The monoisotopic (exact) mass is 254 g/mol. The predicted molar refractivity (Wildman–Crippen MR) is 69.0 cm³/mol. The third-order valence-electron chi connectivity index (χ3n) is 2.89. The van der Waals surface area contributed by atoms with Gasteiger partial charge in [-0.25, -0.2) is 0 Å². The summed E-state index contributed by atoms with van der Waals surface area (Å²) in [6, 6.07) is 12.3. The lowest BCUT2D eigenvalue weighted by molar-refractivity contribution is -0.117. The van der Waals surface area contributed by atoms with E-state index in [1.54, 1.807) is 30.3 Å². The zero-order valence-electron chi connectivity index (χ0n) is 10.7. The molecule has 0 aliphatic carbocycles. The molecule has 0 saturated heterocycles. The number of hydrogen-bond donors (Lipinski definition) is 0. The minimum absolute atomic E-state index is 0.0912. The molecule has 0 N–H and O–H groups in total. The lowest BCUT2D eigenvalue weighted by Gasteiger charge is -2.16. The number of carbonyl (C=O) groups excluding carboxylic acids is 2. The first-order valence-electron chi connectivity index (χ1n) is 5.93. The fourth-order valence-corrected chi connectivity index (χ4v) is 1.69. The van der Waals surface area contributed by atoms with Crippen LogP contribution >= 0.6 is 0 Å². The van der Waals surface area contributed by atoms with Crippen molar-refractivity contribution in [3.8, 4) is 12.1 Å². The highest BCUT2D eigenvalue weighted by molar-refractivity contribution is 5.97. The van der Waals surface area contributed by atoms with Crippen molar-refractivity contribution < 1.29 is 9.59 Å². The van der Waals surface area contributed by atoms with Gasteiger partial charge in [0.25, 0.3) is 0 Å². The van der Waals surface area contributed by atoms with Crippen molar-refractivity contribution in [2.24, 2.45) is 5.41 Å². The van der Waals surface area contributed by atoms with Crippen LogP contribution in [-0.2, 0) is 4.79 Å². The van der Waals surface area contributed by atoms with E-state index >= 15 is 0 Å². The van der Waals surface area contributed by atoms with Crippen molar-refractivity contribution in [1.29, 1.82) is 10.5 Å². The Balaban J connectivity index is 2.86. The van der Waals surface area contributed by atoms with Crippen LogP contribution in [0.1, 0.15) is 36.5 Å². The van der Waals surface area contributed by atoms with Gasteiger partial charge in [0.05, 0.1) is 12.1 Å². The maximum Gasteiger partial charge on any atom is 0.165 e. The van der Waals surface area contributed by atoms with E-state index < -0.39 is 5.41 Å². The number of rotatable bonds is 6. The van der Waals surface area contributed by atoms with Crippen LogP contribution < -0.4 is 0 Å². The van der Waals surface area contributed by atoms with Crippen molar-refractivity contribution in [3.05, 3.63) is 35.9 Å². The zero-order valence-corrected chi connectivity index (χ0v) is 10.7. The average Bonchev–Trinajstić information content (AvgIpc) is 2.44. The van der Waals surface area contributed by atoms with E-state index in [0.29, 0.717) is 5.56 Å². The molecule has 0 amide bonds. The molecule has 0 atom stereocenters. The molecule has 0 aliphatic rings. The first-order valence-corrected chi connectivity index (χ1v) is 5.93. The smallest absolute Gasteiger partial charge is 0.165 e. The van der Waals surface area contributed by atoms with E-state index in [4.69, 9.17) is 10.5 Å². The summed E-state index contributed by atoms with van der Waals surface area (Å²) in [4.78, 5) is 23.0. The van der Waals surface area contributed by atoms with Crippen LogP contribution in [0.2, 0.25) is 0 Å². The molecule has 0 spiro atoms. The van der Waals surface area contributed by atoms with Crippen LogP contribution in [0.5, 0.6) is 0 Å². The van der Waals surface area contributed by atoms with Gasteiger partial charge in [0.15, 0.2) is 11.2 Å². The Kier molecular flexibility index (Phi) is 4.97.